The molecule has 11 heteroatoms. The van der Waals surface area contributed by atoms with Crippen LogP contribution in [0.3, 0.4) is 0 Å². The van der Waals surface area contributed by atoms with Crippen LogP contribution in [-0.4, -0.2) is 11.8 Å². The fraction of sp³-hybridized carbons (Fsp3) is 0.111. The number of ether oxygens (including phenoxy) is 1. The number of benzene rings is 2. The topological polar surface area (TPSA) is 109 Å². The number of rotatable bonds is 4. The van der Waals surface area contributed by atoms with Crippen molar-refractivity contribution >= 4 is 63.1 Å². The van der Waals surface area contributed by atoms with E-state index in [1.54, 1.807) is 0 Å². The molecule has 0 saturated heterocycles. The average Bonchev–Trinajstić information content (AvgIpc) is 2.69. The molecule has 0 atom stereocenters. The number of halogens is 5. The molecule has 0 saturated carbocycles. The number of carbonyl (C=O) groups is 1. The van der Waals surface area contributed by atoms with Crippen molar-refractivity contribution in [3.8, 4) is 11.3 Å². The Bertz CT molecular complexity index is 1190. The van der Waals surface area contributed by atoms with Crippen molar-refractivity contribution in [3.05, 3.63) is 55.7 Å². The van der Waals surface area contributed by atoms with E-state index in [-0.39, 0.29) is 27.1 Å². The largest absolute Gasteiger partial charge is 0.460 e. The van der Waals surface area contributed by atoms with Crippen LogP contribution in [0.15, 0.2) is 27.4 Å². The molecule has 0 unspecified atom stereocenters. The van der Waals surface area contributed by atoms with Gasteiger partial charge >= 0.3 is 5.97 Å². The average molecular weight is 464 g/mol. The molecule has 0 aliphatic heterocycles. The van der Waals surface area contributed by atoms with Crippen LogP contribution in [0.25, 0.3) is 22.3 Å². The summed E-state index contributed by atoms with van der Waals surface area (Å²) in [4.78, 5) is 23.7. The lowest BCUT2D eigenvalue weighted by molar-refractivity contribution is -0.141. The zero-order valence-corrected chi connectivity index (χ0v) is 16.6. The van der Waals surface area contributed by atoms with Gasteiger partial charge in [0, 0.05) is 11.6 Å². The lowest BCUT2D eigenvalue weighted by Crippen LogP contribution is -2.13. The third-order valence-corrected chi connectivity index (χ3v) is 4.88. The van der Waals surface area contributed by atoms with Gasteiger partial charge in [0.25, 0.3) is 0 Å². The summed E-state index contributed by atoms with van der Waals surface area (Å²) in [5.74, 6) is -4.01. The predicted molar refractivity (Wildman–Crippen MR) is 107 cm³/mol. The van der Waals surface area contributed by atoms with Crippen molar-refractivity contribution in [2.45, 2.75) is 6.61 Å². The Balaban J connectivity index is 2.25. The van der Waals surface area contributed by atoms with Crippen LogP contribution in [-0.2, 0) is 16.1 Å². The monoisotopic (exact) mass is 462 g/mol. The third kappa shape index (κ3) is 3.83. The molecule has 6 nitrogen and oxygen atoms in total. The Morgan fingerprint density at radius 2 is 1.69 bits per heavy atom. The van der Waals surface area contributed by atoms with Gasteiger partial charge in [-0.05, 0) is 12.1 Å². The number of nitrogens with two attached hydrogens (primary N) is 2. The van der Waals surface area contributed by atoms with Gasteiger partial charge < -0.3 is 20.6 Å². The van der Waals surface area contributed by atoms with Crippen molar-refractivity contribution in [1.29, 1.82) is 0 Å². The van der Waals surface area contributed by atoms with E-state index in [9.17, 15) is 18.4 Å². The Hall–Kier alpha value is -2.55. The van der Waals surface area contributed by atoms with Gasteiger partial charge in [-0.25, -0.2) is 8.78 Å². The van der Waals surface area contributed by atoms with Crippen LogP contribution < -0.4 is 16.9 Å². The van der Waals surface area contributed by atoms with Crippen molar-refractivity contribution < 1.29 is 22.7 Å². The molecule has 1 heterocycles. The highest BCUT2D eigenvalue weighted by Gasteiger charge is 2.24. The number of fused-ring (bicyclic) bond motifs is 1. The number of hydrogen-bond donors (Lipinski definition) is 2. The Kier molecular flexibility index (Phi) is 5.88. The number of nitrogen functional groups attached to an aromatic ring is 2. The van der Waals surface area contributed by atoms with E-state index in [2.05, 4.69) is 4.74 Å². The normalized spacial score (nSPS) is 11.1. The molecule has 0 fully saturated rings. The van der Waals surface area contributed by atoms with Gasteiger partial charge in [0.15, 0.2) is 22.6 Å². The van der Waals surface area contributed by atoms with E-state index in [1.165, 1.54) is 12.1 Å². The SMILES string of the molecule is Nc1c(Cl)cc(-c2cc(=O)c3c(N)c(F)c(COC(=O)CCl)c(F)c3o2)cc1Cl. The summed E-state index contributed by atoms with van der Waals surface area (Å²) in [6, 6.07) is 3.71. The van der Waals surface area contributed by atoms with Crippen LogP contribution in [0.2, 0.25) is 10.0 Å². The van der Waals surface area contributed by atoms with Crippen LogP contribution in [0.1, 0.15) is 5.56 Å². The zero-order chi connectivity index (χ0) is 21.5. The maximum atomic E-state index is 14.9. The minimum atomic E-state index is -1.25. The van der Waals surface area contributed by atoms with Gasteiger partial charge in [0.2, 0.25) is 0 Å². The number of esters is 1. The summed E-state index contributed by atoms with van der Waals surface area (Å²) in [5.41, 5.74) is 8.91. The minimum Gasteiger partial charge on any atom is -0.460 e. The maximum absolute atomic E-state index is 14.9. The Labute approximate surface area is 176 Å². The van der Waals surface area contributed by atoms with Gasteiger partial charge in [-0.15, -0.1) is 11.6 Å². The van der Waals surface area contributed by atoms with Gasteiger partial charge in [0.1, 0.15) is 18.2 Å². The molecule has 0 spiro atoms. The molecular formula is C18H11Cl3F2N2O4. The molecule has 0 bridgehead atoms. The van der Waals surface area contributed by atoms with E-state index < -0.39 is 57.7 Å². The maximum Gasteiger partial charge on any atom is 0.321 e. The first-order chi connectivity index (χ1) is 13.6. The molecule has 0 aliphatic rings. The highest BCUT2D eigenvalue weighted by molar-refractivity contribution is 6.39. The summed E-state index contributed by atoms with van der Waals surface area (Å²) in [5, 5.41) is -0.324. The molecule has 0 aliphatic carbocycles. The molecule has 4 N–H and O–H groups in total. The first-order valence-electron chi connectivity index (χ1n) is 7.85. The Morgan fingerprint density at radius 3 is 2.28 bits per heavy atom. The quantitative estimate of drug-likeness (QED) is 0.335. The van der Waals surface area contributed by atoms with Crippen LogP contribution in [0.4, 0.5) is 20.2 Å². The zero-order valence-electron chi connectivity index (χ0n) is 14.3. The van der Waals surface area contributed by atoms with Crippen molar-refractivity contribution in [2.24, 2.45) is 0 Å². The van der Waals surface area contributed by atoms with Crippen LogP contribution >= 0.6 is 34.8 Å². The molecule has 0 radical (unpaired) electrons. The van der Waals surface area contributed by atoms with Crippen molar-refractivity contribution in [3.63, 3.8) is 0 Å². The van der Waals surface area contributed by atoms with E-state index in [0.717, 1.165) is 6.07 Å². The molecule has 3 rings (SSSR count). The van der Waals surface area contributed by atoms with Crippen LogP contribution in [0.5, 0.6) is 0 Å². The second-order valence-corrected chi connectivity index (χ2v) is 6.93. The smallest absolute Gasteiger partial charge is 0.321 e. The first-order valence-corrected chi connectivity index (χ1v) is 9.14. The fourth-order valence-electron chi connectivity index (χ4n) is 2.60. The minimum absolute atomic E-state index is 0.0861. The fourth-order valence-corrected chi connectivity index (χ4v) is 3.16. The van der Waals surface area contributed by atoms with Gasteiger partial charge in [-0.2, -0.15) is 0 Å². The van der Waals surface area contributed by atoms with Gasteiger partial charge in [-0.3, -0.25) is 9.59 Å². The van der Waals surface area contributed by atoms with E-state index in [4.69, 9.17) is 50.7 Å². The summed E-state index contributed by atoms with van der Waals surface area (Å²) < 4.78 is 39.6. The standard InChI is InChI=1S/C18H11Cl3F2N2O4/c19-4-12(27)28-5-7-14(22)17(25)13-10(26)3-11(29-18(13)15(7)23)6-1-8(20)16(24)9(21)2-6/h1-3H,4-5,24-25H2. The molecule has 29 heavy (non-hydrogen) atoms. The summed E-state index contributed by atoms with van der Waals surface area (Å²) in [6.07, 6.45) is 0. The number of hydrogen-bond acceptors (Lipinski definition) is 6. The highest BCUT2D eigenvalue weighted by atomic mass is 35.5. The second kappa shape index (κ2) is 8.06. The lowest BCUT2D eigenvalue weighted by atomic mass is 10.1. The first kappa shape index (κ1) is 21.2. The van der Waals surface area contributed by atoms with E-state index in [0.29, 0.717) is 0 Å². The number of anilines is 2. The Morgan fingerprint density at radius 1 is 1.07 bits per heavy atom. The summed E-state index contributed by atoms with van der Waals surface area (Å²) >= 11 is 17.3. The molecule has 1 aromatic heterocycles. The lowest BCUT2D eigenvalue weighted by Gasteiger charge is -2.12. The van der Waals surface area contributed by atoms with Crippen LogP contribution in [0, 0.1) is 11.6 Å². The van der Waals surface area contributed by atoms with Gasteiger partial charge in [0.05, 0.1) is 32.4 Å². The van der Waals surface area contributed by atoms with Gasteiger partial charge in [-0.1, -0.05) is 23.2 Å². The van der Waals surface area contributed by atoms with Crippen molar-refractivity contribution in [2.75, 3.05) is 17.3 Å². The third-order valence-electron chi connectivity index (χ3n) is 4.03. The van der Waals surface area contributed by atoms with Crippen molar-refractivity contribution in [1.82, 2.24) is 0 Å². The molecular weight excluding hydrogens is 453 g/mol. The number of carbonyl (C=O) groups excluding carboxylic acids is 1. The van der Waals surface area contributed by atoms with E-state index >= 15 is 0 Å². The second-order valence-electron chi connectivity index (χ2n) is 5.85. The molecule has 3 aromatic rings. The number of alkyl halides is 1. The molecule has 0 amide bonds. The van der Waals surface area contributed by atoms with E-state index in [1.807, 2.05) is 0 Å². The predicted octanol–water partition coefficient (Wildman–Crippen LogP) is 4.49. The summed E-state index contributed by atoms with van der Waals surface area (Å²) in [7, 11) is 0. The molecule has 152 valence electrons. The highest BCUT2D eigenvalue weighted by Crippen LogP contribution is 2.36. The molecule has 2 aromatic carbocycles. The summed E-state index contributed by atoms with van der Waals surface area (Å²) in [6.45, 7) is -0.795.